The monoisotopic (exact) mass is 488 g/mol. The summed E-state index contributed by atoms with van der Waals surface area (Å²) in [6, 6.07) is 18.9. The van der Waals surface area contributed by atoms with Crippen molar-refractivity contribution in [1.29, 1.82) is 0 Å². The van der Waals surface area contributed by atoms with Crippen LogP contribution in [0.4, 0.5) is 10.1 Å². The van der Waals surface area contributed by atoms with E-state index in [4.69, 9.17) is 9.47 Å². The summed E-state index contributed by atoms with van der Waals surface area (Å²) in [4.78, 5) is 26.8. The highest BCUT2D eigenvalue weighted by Gasteiger charge is 2.25. The number of carboxylic acids is 1. The molecule has 1 aliphatic heterocycles. The lowest BCUT2D eigenvalue weighted by Crippen LogP contribution is -2.41. The number of aromatic nitrogens is 1. The Morgan fingerprint density at radius 3 is 2.64 bits per heavy atom. The maximum atomic E-state index is 15.0. The number of fused-ring (bicyclic) bond motifs is 2. The second-order valence-corrected chi connectivity index (χ2v) is 8.84. The molecule has 0 unspecified atom stereocenters. The van der Waals surface area contributed by atoms with Gasteiger partial charge in [0.2, 0.25) is 0 Å². The van der Waals surface area contributed by atoms with Crippen LogP contribution in [0.1, 0.15) is 21.6 Å². The van der Waals surface area contributed by atoms with Gasteiger partial charge in [-0.05, 0) is 48.9 Å². The summed E-state index contributed by atoms with van der Waals surface area (Å²) in [6.45, 7) is 2.43. The Labute approximate surface area is 207 Å². The van der Waals surface area contributed by atoms with Crippen LogP contribution in [0.5, 0.6) is 11.5 Å². The van der Waals surface area contributed by atoms with Gasteiger partial charge < -0.3 is 19.5 Å². The van der Waals surface area contributed by atoms with Gasteiger partial charge in [-0.3, -0.25) is 14.2 Å². The second kappa shape index (κ2) is 9.37. The number of ether oxygens (including phenoxy) is 2. The van der Waals surface area contributed by atoms with Crippen LogP contribution in [-0.4, -0.2) is 47.9 Å². The number of rotatable bonds is 6. The third-order valence-corrected chi connectivity index (χ3v) is 6.42. The van der Waals surface area contributed by atoms with Gasteiger partial charge in [0, 0.05) is 23.7 Å². The molecule has 184 valence electrons. The molecule has 0 amide bonds. The van der Waals surface area contributed by atoms with E-state index < -0.39 is 17.7 Å². The molecule has 4 aromatic rings. The van der Waals surface area contributed by atoms with Gasteiger partial charge in [-0.2, -0.15) is 0 Å². The van der Waals surface area contributed by atoms with Gasteiger partial charge >= 0.3 is 5.97 Å². The number of nitrogens with zero attached hydrogens (tertiary/aromatic N) is 2. The number of carbonyl (C=O) groups excluding carboxylic acids is 1. The summed E-state index contributed by atoms with van der Waals surface area (Å²) in [5.74, 6) is -1.32. The topological polar surface area (TPSA) is 81.0 Å². The summed E-state index contributed by atoms with van der Waals surface area (Å²) in [6.07, 6.45) is -0.497. The van der Waals surface area contributed by atoms with Gasteiger partial charge in [0.1, 0.15) is 18.5 Å². The number of benzene rings is 3. The SMILES string of the molecule is Cc1c(CC(=O)O)c2ccccc2n1C(=O)c1ccc(OC[C@@H]2CN(C)c3ccccc3O2)c(F)c1. The van der Waals surface area contributed by atoms with Crippen LogP contribution < -0.4 is 14.4 Å². The van der Waals surface area contributed by atoms with E-state index in [-0.39, 0.29) is 30.4 Å². The normalized spacial score (nSPS) is 14.9. The summed E-state index contributed by atoms with van der Waals surface area (Å²) < 4.78 is 28.1. The Kier molecular flexibility index (Phi) is 6.10. The molecule has 5 rings (SSSR count). The van der Waals surface area contributed by atoms with E-state index in [9.17, 15) is 19.1 Å². The third kappa shape index (κ3) is 4.26. The van der Waals surface area contributed by atoms with Crippen LogP contribution in [-0.2, 0) is 11.2 Å². The van der Waals surface area contributed by atoms with E-state index in [0.29, 0.717) is 28.7 Å². The first-order chi connectivity index (χ1) is 17.3. The molecular weight excluding hydrogens is 463 g/mol. The van der Waals surface area contributed by atoms with Crippen LogP contribution >= 0.6 is 0 Å². The van der Waals surface area contributed by atoms with Crippen molar-refractivity contribution in [3.8, 4) is 11.5 Å². The van der Waals surface area contributed by atoms with Crippen molar-refractivity contribution in [3.05, 3.63) is 89.4 Å². The summed E-state index contributed by atoms with van der Waals surface area (Å²) in [5, 5.41) is 10.0. The van der Waals surface area contributed by atoms with Gasteiger partial charge in [0.25, 0.3) is 5.91 Å². The van der Waals surface area contributed by atoms with Gasteiger partial charge in [-0.15, -0.1) is 0 Å². The minimum absolute atomic E-state index is 0.0253. The molecule has 0 saturated heterocycles. The van der Waals surface area contributed by atoms with Crippen molar-refractivity contribution in [2.45, 2.75) is 19.4 Å². The molecule has 8 heteroatoms. The number of carboxylic acid groups (broad SMARTS) is 1. The highest BCUT2D eigenvalue weighted by Crippen LogP contribution is 2.32. The Morgan fingerprint density at radius 2 is 1.86 bits per heavy atom. The molecule has 1 N–H and O–H groups in total. The van der Waals surface area contributed by atoms with Crippen molar-refractivity contribution in [3.63, 3.8) is 0 Å². The van der Waals surface area contributed by atoms with Crippen molar-refractivity contribution in [2.75, 3.05) is 25.1 Å². The Bertz CT molecular complexity index is 1480. The Morgan fingerprint density at radius 1 is 1.11 bits per heavy atom. The standard InChI is InChI=1S/C28H25FN2O5/c1-17-21(14-27(32)33)20-7-3-4-8-23(20)31(17)28(34)18-11-12-25(22(29)13-18)35-16-19-15-30(2)24-9-5-6-10-26(24)36-19/h3-13,19H,14-16H2,1-2H3,(H,32,33)/t19-/m0/s1. The largest absolute Gasteiger partial charge is 0.487 e. The lowest BCUT2D eigenvalue weighted by Gasteiger charge is -2.33. The predicted molar refractivity (Wildman–Crippen MR) is 134 cm³/mol. The molecule has 36 heavy (non-hydrogen) atoms. The van der Waals surface area contributed by atoms with Crippen LogP contribution in [0, 0.1) is 12.7 Å². The number of anilines is 1. The number of halogens is 1. The summed E-state index contributed by atoms with van der Waals surface area (Å²) in [5.41, 5.74) is 2.78. The Balaban J connectivity index is 1.36. The fraction of sp³-hybridized carbons (Fsp3) is 0.214. The lowest BCUT2D eigenvalue weighted by atomic mass is 10.1. The minimum Gasteiger partial charge on any atom is -0.487 e. The first-order valence-electron chi connectivity index (χ1n) is 11.6. The molecule has 0 bridgehead atoms. The van der Waals surface area contributed by atoms with Gasteiger partial charge in [-0.25, -0.2) is 4.39 Å². The third-order valence-electron chi connectivity index (χ3n) is 6.42. The van der Waals surface area contributed by atoms with Crippen LogP contribution in [0.15, 0.2) is 66.7 Å². The maximum Gasteiger partial charge on any atom is 0.307 e. The number of aliphatic carboxylic acids is 1. The molecule has 7 nitrogen and oxygen atoms in total. The maximum absolute atomic E-state index is 15.0. The predicted octanol–water partition coefficient (Wildman–Crippen LogP) is 4.68. The van der Waals surface area contributed by atoms with Crippen LogP contribution in [0.3, 0.4) is 0 Å². The average molecular weight is 489 g/mol. The molecule has 1 atom stereocenters. The van der Waals surface area contributed by atoms with Gasteiger partial charge in [0.05, 0.1) is 24.2 Å². The molecule has 3 aromatic carbocycles. The smallest absolute Gasteiger partial charge is 0.307 e. The van der Waals surface area contributed by atoms with Gasteiger partial charge in [0.15, 0.2) is 11.6 Å². The zero-order chi connectivity index (χ0) is 25.4. The van der Waals surface area contributed by atoms with E-state index in [1.54, 1.807) is 31.2 Å². The zero-order valence-electron chi connectivity index (χ0n) is 19.9. The highest BCUT2D eigenvalue weighted by atomic mass is 19.1. The van der Waals surface area contributed by atoms with E-state index >= 15 is 0 Å². The van der Waals surface area contributed by atoms with Crippen molar-refractivity contribution < 1.29 is 28.6 Å². The highest BCUT2D eigenvalue weighted by molar-refractivity contribution is 6.04. The number of para-hydroxylation sites is 3. The lowest BCUT2D eigenvalue weighted by molar-refractivity contribution is -0.136. The number of hydrogen-bond donors (Lipinski definition) is 1. The van der Waals surface area contributed by atoms with Crippen LogP contribution in [0.25, 0.3) is 10.9 Å². The second-order valence-electron chi connectivity index (χ2n) is 8.84. The fourth-order valence-corrected chi connectivity index (χ4v) is 4.71. The van der Waals surface area contributed by atoms with E-state index in [0.717, 1.165) is 17.5 Å². The molecule has 1 aromatic heterocycles. The molecule has 0 spiro atoms. The van der Waals surface area contributed by atoms with E-state index in [1.807, 2.05) is 31.3 Å². The molecule has 2 heterocycles. The molecule has 0 aliphatic carbocycles. The quantitative estimate of drug-likeness (QED) is 0.425. The number of likely N-dealkylation sites (N-methyl/N-ethyl adjacent to an activating group) is 1. The van der Waals surface area contributed by atoms with Crippen molar-refractivity contribution >= 4 is 28.5 Å². The summed E-state index contributed by atoms with van der Waals surface area (Å²) in [7, 11) is 1.96. The van der Waals surface area contributed by atoms with Crippen molar-refractivity contribution in [1.82, 2.24) is 4.57 Å². The molecule has 0 fully saturated rings. The zero-order valence-corrected chi connectivity index (χ0v) is 19.9. The van der Waals surface area contributed by atoms with E-state index in [2.05, 4.69) is 4.90 Å². The number of hydrogen-bond acceptors (Lipinski definition) is 5. The first kappa shape index (κ1) is 23.4. The Hall–Kier alpha value is -4.33. The average Bonchev–Trinajstić information content (AvgIpc) is 3.13. The molecule has 1 aliphatic rings. The summed E-state index contributed by atoms with van der Waals surface area (Å²) >= 11 is 0. The molecule has 0 radical (unpaired) electrons. The van der Waals surface area contributed by atoms with Crippen molar-refractivity contribution in [2.24, 2.45) is 0 Å². The fourth-order valence-electron chi connectivity index (χ4n) is 4.71. The van der Waals surface area contributed by atoms with Crippen LogP contribution in [0.2, 0.25) is 0 Å². The van der Waals surface area contributed by atoms with E-state index in [1.165, 1.54) is 16.7 Å². The number of carbonyl (C=O) groups is 2. The first-order valence-corrected chi connectivity index (χ1v) is 11.6. The van der Waals surface area contributed by atoms with Gasteiger partial charge in [-0.1, -0.05) is 30.3 Å². The minimum atomic E-state index is -0.988. The molecular formula is C28H25FN2O5. The molecule has 0 saturated carbocycles.